The van der Waals surface area contributed by atoms with Crippen LogP contribution in [0.5, 0.6) is 5.75 Å². The fraction of sp³-hybridized carbons (Fsp3) is 0.400. The summed E-state index contributed by atoms with van der Waals surface area (Å²) in [6, 6.07) is 12.9. The van der Waals surface area contributed by atoms with Gasteiger partial charge in [0.25, 0.3) is 0 Å². The molecule has 2 rings (SSSR count). The van der Waals surface area contributed by atoms with E-state index in [9.17, 15) is 8.42 Å². The summed E-state index contributed by atoms with van der Waals surface area (Å²) in [7, 11) is -1.77. The average molecular weight is 362 g/mol. The van der Waals surface area contributed by atoms with E-state index in [1.165, 1.54) is 0 Å². The van der Waals surface area contributed by atoms with Crippen LogP contribution >= 0.6 is 0 Å². The smallest absolute Gasteiger partial charge is 0.216 e. The van der Waals surface area contributed by atoms with Crippen LogP contribution in [0.3, 0.4) is 0 Å². The van der Waals surface area contributed by atoms with Gasteiger partial charge < -0.3 is 4.74 Å². The van der Waals surface area contributed by atoms with Crippen LogP contribution in [0, 0.1) is 6.92 Å². The maximum atomic E-state index is 12.5. The van der Waals surface area contributed by atoms with Crippen LogP contribution in [-0.2, 0) is 15.8 Å². The SMILES string of the molecule is COc1cc(C)c(C(C)NS(=O)(=O)Cc2ccccc2)cc1C(C)C. The standard InChI is InChI=1S/C20H27NO3S/c1-14(2)18-12-19(15(3)11-20(18)24-5)16(4)21-25(22,23)13-17-9-7-6-8-10-17/h6-12,14,16,21H,13H2,1-5H3. The van der Waals surface area contributed by atoms with Crippen molar-refractivity contribution >= 4 is 10.0 Å². The minimum atomic E-state index is -3.43. The molecule has 1 unspecified atom stereocenters. The first-order valence-electron chi connectivity index (χ1n) is 8.46. The molecule has 0 saturated carbocycles. The van der Waals surface area contributed by atoms with Gasteiger partial charge in [0.1, 0.15) is 5.75 Å². The van der Waals surface area contributed by atoms with Gasteiger partial charge in [-0.3, -0.25) is 0 Å². The quantitative estimate of drug-likeness (QED) is 0.799. The Hall–Kier alpha value is -1.85. The van der Waals surface area contributed by atoms with Gasteiger partial charge in [-0.2, -0.15) is 0 Å². The zero-order chi connectivity index (χ0) is 18.6. The third-order valence-corrected chi connectivity index (χ3v) is 5.69. The lowest BCUT2D eigenvalue weighted by molar-refractivity contribution is 0.406. The summed E-state index contributed by atoms with van der Waals surface area (Å²) in [6.45, 7) is 8.05. The Bertz CT molecular complexity index is 814. The third-order valence-electron chi connectivity index (χ3n) is 4.26. The Morgan fingerprint density at radius 3 is 2.24 bits per heavy atom. The van der Waals surface area contributed by atoms with Crippen LogP contribution in [0.2, 0.25) is 0 Å². The second-order valence-electron chi connectivity index (χ2n) is 6.69. The molecular weight excluding hydrogens is 334 g/mol. The molecule has 0 saturated heterocycles. The van der Waals surface area contributed by atoms with Gasteiger partial charge in [-0.15, -0.1) is 0 Å². The molecule has 2 aromatic rings. The van der Waals surface area contributed by atoms with Crippen molar-refractivity contribution in [2.75, 3.05) is 7.11 Å². The van der Waals surface area contributed by atoms with Gasteiger partial charge in [-0.1, -0.05) is 44.2 Å². The number of ether oxygens (including phenoxy) is 1. The predicted octanol–water partition coefficient (Wildman–Crippen LogP) is 4.31. The second kappa shape index (κ2) is 8.02. The maximum Gasteiger partial charge on any atom is 0.216 e. The molecule has 4 nitrogen and oxygen atoms in total. The van der Waals surface area contributed by atoms with Crippen LogP contribution in [0.4, 0.5) is 0 Å². The molecule has 2 aromatic carbocycles. The number of nitrogens with one attached hydrogen (secondary N) is 1. The predicted molar refractivity (Wildman–Crippen MR) is 102 cm³/mol. The van der Waals surface area contributed by atoms with Gasteiger partial charge in [-0.05, 0) is 54.2 Å². The van der Waals surface area contributed by atoms with E-state index in [0.717, 1.165) is 28.0 Å². The molecule has 0 radical (unpaired) electrons. The fourth-order valence-corrected chi connectivity index (χ4v) is 4.36. The Labute approximate surface area is 151 Å². The Kier molecular flexibility index (Phi) is 6.25. The monoisotopic (exact) mass is 361 g/mol. The van der Waals surface area contributed by atoms with Crippen LogP contribution < -0.4 is 9.46 Å². The van der Waals surface area contributed by atoms with Crippen LogP contribution in [0.1, 0.15) is 55.0 Å². The van der Waals surface area contributed by atoms with Crippen LogP contribution in [0.25, 0.3) is 0 Å². The van der Waals surface area contributed by atoms with E-state index < -0.39 is 10.0 Å². The summed E-state index contributed by atoms with van der Waals surface area (Å²) in [5.41, 5.74) is 3.84. The average Bonchev–Trinajstić information content (AvgIpc) is 2.53. The van der Waals surface area contributed by atoms with Crippen molar-refractivity contribution in [1.29, 1.82) is 0 Å². The molecule has 0 heterocycles. The van der Waals surface area contributed by atoms with Crippen molar-refractivity contribution < 1.29 is 13.2 Å². The number of hydrogen-bond acceptors (Lipinski definition) is 3. The molecular formula is C20H27NO3S. The van der Waals surface area contributed by atoms with E-state index in [4.69, 9.17) is 4.74 Å². The zero-order valence-corrected chi connectivity index (χ0v) is 16.4. The van der Waals surface area contributed by atoms with Gasteiger partial charge in [0, 0.05) is 6.04 Å². The van der Waals surface area contributed by atoms with Crippen molar-refractivity contribution in [2.45, 2.75) is 45.4 Å². The highest BCUT2D eigenvalue weighted by atomic mass is 32.2. The summed E-state index contributed by atoms with van der Waals surface area (Å²) >= 11 is 0. The molecule has 0 aromatic heterocycles. The molecule has 0 bridgehead atoms. The van der Waals surface area contributed by atoms with E-state index in [1.807, 2.05) is 50.2 Å². The molecule has 1 N–H and O–H groups in total. The number of benzene rings is 2. The molecule has 136 valence electrons. The number of methoxy groups -OCH3 is 1. The molecule has 0 aliphatic heterocycles. The van der Waals surface area contributed by atoms with Gasteiger partial charge in [0.15, 0.2) is 0 Å². The highest BCUT2D eigenvalue weighted by molar-refractivity contribution is 7.88. The first-order valence-corrected chi connectivity index (χ1v) is 10.1. The van der Waals surface area contributed by atoms with E-state index in [-0.39, 0.29) is 11.8 Å². The molecule has 0 aliphatic carbocycles. The summed E-state index contributed by atoms with van der Waals surface area (Å²) in [6.07, 6.45) is 0. The Balaban J connectivity index is 2.25. The van der Waals surface area contributed by atoms with E-state index in [2.05, 4.69) is 24.6 Å². The maximum absolute atomic E-state index is 12.5. The number of sulfonamides is 1. The Morgan fingerprint density at radius 2 is 1.68 bits per heavy atom. The summed E-state index contributed by atoms with van der Waals surface area (Å²) in [5, 5.41) is 0. The number of aryl methyl sites for hydroxylation is 1. The minimum Gasteiger partial charge on any atom is -0.496 e. The highest BCUT2D eigenvalue weighted by Crippen LogP contribution is 2.32. The summed E-state index contributed by atoms with van der Waals surface area (Å²) in [4.78, 5) is 0. The number of hydrogen-bond donors (Lipinski definition) is 1. The Morgan fingerprint density at radius 1 is 1.04 bits per heavy atom. The van der Waals surface area contributed by atoms with Crippen molar-refractivity contribution in [3.05, 3.63) is 64.7 Å². The number of rotatable bonds is 7. The highest BCUT2D eigenvalue weighted by Gasteiger charge is 2.20. The largest absolute Gasteiger partial charge is 0.496 e. The normalized spacial score (nSPS) is 13.0. The van der Waals surface area contributed by atoms with Crippen molar-refractivity contribution in [2.24, 2.45) is 0 Å². The molecule has 0 amide bonds. The summed E-state index contributed by atoms with van der Waals surface area (Å²) in [5.74, 6) is 1.11. The first-order chi connectivity index (χ1) is 11.7. The molecule has 25 heavy (non-hydrogen) atoms. The van der Waals surface area contributed by atoms with Crippen molar-refractivity contribution in [3.63, 3.8) is 0 Å². The van der Waals surface area contributed by atoms with E-state index >= 15 is 0 Å². The molecule has 1 atom stereocenters. The molecule has 0 fully saturated rings. The van der Waals surface area contributed by atoms with Crippen molar-refractivity contribution in [3.8, 4) is 5.75 Å². The van der Waals surface area contributed by atoms with Crippen molar-refractivity contribution in [1.82, 2.24) is 4.72 Å². The van der Waals surface area contributed by atoms with Gasteiger partial charge in [0.2, 0.25) is 10.0 Å². The second-order valence-corrected chi connectivity index (χ2v) is 8.44. The topological polar surface area (TPSA) is 55.4 Å². The van der Waals surface area contributed by atoms with Crippen LogP contribution in [0.15, 0.2) is 42.5 Å². The summed E-state index contributed by atoms with van der Waals surface area (Å²) < 4.78 is 33.3. The fourth-order valence-electron chi connectivity index (χ4n) is 2.98. The van der Waals surface area contributed by atoms with Gasteiger partial charge >= 0.3 is 0 Å². The molecule has 0 spiro atoms. The molecule has 0 aliphatic rings. The third kappa shape index (κ3) is 5.06. The zero-order valence-electron chi connectivity index (χ0n) is 15.5. The van der Waals surface area contributed by atoms with E-state index in [0.29, 0.717) is 5.92 Å². The van der Waals surface area contributed by atoms with Gasteiger partial charge in [0.05, 0.1) is 12.9 Å². The van der Waals surface area contributed by atoms with E-state index in [1.54, 1.807) is 7.11 Å². The lowest BCUT2D eigenvalue weighted by Gasteiger charge is -2.21. The lowest BCUT2D eigenvalue weighted by Crippen LogP contribution is -2.28. The van der Waals surface area contributed by atoms with Crippen LogP contribution in [-0.4, -0.2) is 15.5 Å². The lowest BCUT2D eigenvalue weighted by atomic mass is 9.94. The first kappa shape index (κ1) is 19.5. The van der Waals surface area contributed by atoms with Gasteiger partial charge in [-0.25, -0.2) is 13.1 Å². The molecule has 5 heteroatoms. The minimum absolute atomic E-state index is 0.0234.